The average molecular weight is 372 g/mol. The van der Waals surface area contributed by atoms with Crippen LogP contribution in [0.4, 0.5) is 5.69 Å². The molecule has 23 heavy (non-hydrogen) atoms. The number of benzene rings is 2. The number of hydrogen-bond donors (Lipinski definition) is 1. The number of nitrogens with one attached hydrogen (secondary N) is 1. The summed E-state index contributed by atoms with van der Waals surface area (Å²) in [5, 5.41) is 3.94. The molecule has 1 amide bonds. The molecular weight excluding hydrogens is 354 g/mol. The first kappa shape index (κ1) is 15.8. The Bertz CT molecular complexity index is 896. The summed E-state index contributed by atoms with van der Waals surface area (Å²) in [4.78, 5) is 12.3. The molecule has 0 bridgehead atoms. The van der Waals surface area contributed by atoms with Gasteiger partial charge >= 0.3 is 0 Å². The van der Waals surface area contributed by atoms with Crippen molar-refractivity contribution in [1.82, 2.24) is 0 Å². The normalized spacial score (nSPS) is 11.0. The highest BCUT2D eigenvalue weighted by Crippen LogP contribution is 2.28. The molecule has 3 nitrogen and oxygen atoms in total. The number of anilines is 1. The Kier molecular flexibility index (Phi) is 4.26. The van der Waals surface area contributed by atoms with Gasteiger partial charge in [-0.2, -0.15) is 0 Å². The van der Waals surface area contributed by atoms with Crippen LogP contribution in [-0.4, -0.2) is 5.91 Å². The van der Waals surface area contributed by atoms with Crippen molar-refractivity contribution in [3.8, 4) is 0 Å². The van der Waals surface area contributed by atoms with E-state index in [1.165, 1.54) is 5.56 Å². The van der Waals surface area contributed by atoms with Gasteiger partial charge in [-0.1, -0.05) is 18.2 Å². The van der Waals surface area contributed by atoms with E-state index >= 15 is 0 Å². The topological polar surface area (TPSA) is 42.2 Å². The predicted molar refractivity (Wildman–Crippen MR) is 96.9 cm³/mol. The smallest absolute Gasteiger partial charge is 0.228 e. The van der Waals surface area contributed by atoms with Crippen LogP contribution in [0.3, 0.4) is 0 Å². The molecule has 3 rings (SSSR count). The monoisotopic (exact) mass is 371 g/mol. The highest BCUT2D eigenvalue weighted by atomic mass is 79.9. The zero-order valence-corrected chi connectivity index (χ0v) is 15.0. The lowest BCUT2D eigenvalue weighted by Gasteiger charge is -2.08. The third-order valence-corrected chi connectivity index (χ3v) is 4.75. The minimum absolute atomic E-state index is 0.0597. The van der Waals surface area contributed by atoms with E-state index < -0.39 is 0 Å². The molecule has 0 spiro atoms. The van der Waals surface area contributed by atoms with Gasteiger partial charge in [-0.05, 0) is 65.5 Å². The van der Waals surface area contributed by atoms with Crippen molar-refractivity contribution in [2.45, 2.75) is 27.2 Å². The van der Waals surface area contributed by atoms with E-state index in [4.69, 9.17) is 4.42 Å². The van der Waals surface area contributed by atoms with Crippen LogP contribution in [0.25, 0.3) is 11.0 Å². The summed E-state index contributed by atoms with van der Waals surface area (Å²) in [7, 11) is 0. The lowest BCUT2D eigenvalue weighted by atomic mass is 10.0. The maximum absolute atomic E-state index is 12.3. The lowest BCUT2D eigenvalue weighted by Crippen LogP contribution is -2.14. The minimum Gasteiger partial charge on any atom is -0.464 e. The van der Waals surface area contributed by atoms with E-state index in [0.717, 1.165) is 37.8 Å². The molecule has 3 aromatic rings. The minimum atomic E-state index is -0.0597. The molecule has 118 valence electrons. The summed E-state index contributed by atoms with van der Waals surface area (Å²) in [5.74, 6) is -0.0597. The molecule has 2 aromatic carbocycles. The molecular formula is C19H18BrNO2. The number of aryl methyl sites for hydroxylation is 3. The van der Waals surface area contributed by atoms with Crippen LogP contribution in [0.1, 0.15) is 22.3 Å². The molecule has 0 radical (unpaired) electrons. The van der Waals surface area contributed by atoms with Crippen LogP contribution in [0.5, 0.6) is 0 Å². The van der Waals surface area contributed by atoms with Gasteiger partial charge in [0, 0.05) is 15.4 Å². The number of rotatable bonds is 3. The Morgan fingerprint density at radius 2 is 1.96 bits per heavy atom. The number of halogens is 1. The summed E-state index contributed by atoms with van der Waals surface area (Å²) in [5.41, 5.74) is 6.00. The van der Waals surface area contributed by atoms with Crippen molar-refractivity contribution < 1.29 is 9.21 Å². The number of carbonyl (C=O) groups excluding carboxylic acids is 1. The van der Waals surface area contributed by atoms with Crippen LogP contribution < -0.4 is 5.32 Å². The van der Waals surface area contributed by atoms with Crippen LogP contribution in [-0.2, 0) is 11.2 Å². The van der Waals surface area contributed by atoms with E-state index in [9.17, 15) is 4.79 Å². The van der Waals surface area contributed by atoms with Gasteiger partial charge in [0.15, 0.2) is 0 Å². The second-order valence-corrected chi connectivity index (χ2v) is 6.71. The summed E-state index contributed by atoms with van der Waals surface area (Å²) in [6.07, 6.45) is 1.97. The standard InChI is InChI=1S/C19H18BrNO2/c1-11-4-7-17(16(20)8-11)21-18(22)9-14-10-23-19-13(3)12(2)5-6-15(14)19/h4-8,10H,9H2,1-3H3,(H,21,22). The Morgan fingerprint density at radius 1 is 1.17 bits per heavy atom. The fourth-order valence-electron chi connectivity index (χ4n) is 2.61. The van der Waals surface area contributed by atoms with E-state index in [1.54, 1.807) is 6.26 Å². The Morgan fingerprint density at radius 3 is 2.70 bits per heavy atom. The van der Waals surface area contributed by atoms with Crippen molar-refractivity contribution in [3.63, 3.8) is 0 Å². The van der Waals surface area contributed by atoms with E-state index in [2.05, 4.69) is 34.2 Å². The molecule has 1 aromatic heterocycles. The van der Waals surface area contributed by atoms with Gasteiger partial charge in [0.2, 0.25) is 5.91 Å². The molecule has 4 heteroatoms. The molecule has 0 aliphatic carbocycles. The van der Waals surface area contributed by atoms with Gasteiger partial charge < -0.3 is 9.73 Å². The number of furan rings is 1. The van der Waals surface area contributed by atoms with Crippen molar-refractivity contribution in [2.75, 3.05) is 5.32 Å². The van der Waals surface area contributed by atoms with E-state index in [-0.39, 0.29) is 12.3 Å². The van der Waals surface area contributed by atoms with Crippen LogP contribution in [0, 0.1) is 20.8 Å². The van der Waals surface area contributed by atoms with Crippen molar-refractivity contribution in [2.24, 2.45) is 0 Å². The van der Waals surface area contributed by atoms with Gasteiger partial charge in [-0.3, -0.25) is 4.79 Å². The maximum atomic E-state index is 12.3. The summed E-state index contributed by atoms with van der Waals surface area (Å²) >= 11 is 3.48. The molecule has 0 aliphatic heterocycles. The fraction of sp³-hybridized carbons (Fsp3) is 0.211. The van der Waals surface area contributed by atoms with Crippen molar-refractivity contribution >= 4 is 38.5 Å². The predicted octanol–water partition coefficient (Wildman–Crippen LogP) is 5.30. The highest BCUT2D eigenvalue weighted by Gasteiger charge is 2.13. The number of amides is 1. The van der Waals surface area contributed by atoms with Gasteiger partial charge in [0.05, 0.1) is 18.4 Å². The quantitative estimate of drug-likeness (QED) is 0.678. The Labute approximate surface area is 143 Å². The Hall–Kier alpha value is -2.07. The van der Waals surface area contributed by atoms with Crippen molar-refractivity contribution in [1.29, 1.82) is 0 Å². The Balaban J connectivity index is 1.82. The van der Waals surface area contributed by atoms with E-state index in [0.29, 0.717) is 0 Å². The molecule has 0 saturated carbocycles. The number of hydrogen-bond acceptors (Lipinski definition) is 2. The zero-order valence-electron chi connectivity index (χ0n) is 13.4. The number of fused-ring (bicyclic) bond motifs is 1. The van der Waals surface area contributed by atoms with Crippen molar-refractivity contribution in [3.05, 3.63) is 63.3 Å². The SMILES string of the molecule is Cc1ccc(NC(=O)Cc2coc3c(C)c(C)ccc23)c(Br)c1. The number of carbonyl (C=O) groups is 1. The van der Waals surface area contributed by atoms with Gasteiger partial charge in [-0.15, -0.1) is 0 Å². The van der Waals surface area contributed by atoms with E-state index in [1.807, 2.05) is 38.1 Å². The van der Waals surface area contributed by atoms with Crippen LogP contribution in [0.15, 0.2) is 45.5 Å². The first-order chi connectivity index (χ1) is 11.0. The van der Waals surface area contributed by atoms with Gasteiger partial charge in [0.1, 0.15) is 5.58 Å². The molecule has 0 aliphatic rings. The maximum Gasteiger partial charge on any atom is 0.228 e. The summed E-state index contributed by atoms with van der Waals surface area (Å²) < 4.78 is 6.55. The van der Waals surface area contributed by atoms with Crippen LogP contribution in [0.2, 0.25) is 0 Å². The first-order valence-corrected chi connectivity index (χ1v) is 8.27. The molecule has 0 saturated heterocycles. The molecule has 0 unspecified atom stereocenters. The second kappa shape index (κ2) is 6.20. The fourth-order valence-corrected chi connectivity index (χ4v) is 3.21. The first-order valence-electron chi connectivity index (χ1n) is 7.48. The van der Waals surface area contributed by atoms with Gasteiger partial charge in [0.25, 0.3) is 0 Å². The van der Waals surface area contributed by atoms with Crippen LogP contribution >= 0.6 is 15.9 Å². The largest absolute Gasteiger partial charge is 0.464 e. The molecule has 1 N–H and O–H groups in total. The second-order valence-electron chi connectivity index (χ2n) is 5.85. The average Bonchev–Trinajstić information content (AvgIpc) is 2.89. The molecule has 0 atom stereocenters. The third kappa shape index (κ3) is 3.17. The highest BCUT2D eigenvalue weighted by molar-refractivity contribution is 9.10. The lowest BCUT2D eigenvalue weighted by molar-refractivity contribution is -0.115. The molecule has 0 fully saturated rings. The summed E-state index contributed by atoms with van der Waals surface area (Å²) in [6, 6.07) is 9.93. The molecule has 1 heterocycles. The third-order valence-electron chi connectivity index (χ3n) is 4.09. The van der Waals surface area contributed by atoms with Gasteiger partial charge in [-0.25, -0.2) is 0 Å². The summed E-state index contributed by atoms with van der Waals surface area (Å²) in [6.45, 7) is 6.10. The zero-order chi connectivity index (χ0) is 16.6.